The van der Waals surface area contributed by atoms with Crippen LogP contribution in [0.3, 0.4) is 0 Å². The average molecular weight is 241 g/mol. The van der Waals surface area contributed by atoms with Crippen LogP contribution in [0.25, 0.3) is 0 Å². The first kappa shape index (κ1) is 14.5. The van der Waals surface area contributed by atoms with Crippen molar-refractivity contribution in [3.8, 4) is 0 Å². The summed E-state index contributed by atoms with van der Waals surface area (Å²) in [5, 5.41) is 6.39. The van der Waals surface area contributed by atoms with Gasteiger partial charge in [-0.25, -0.2) is 0 Å². The highest BCUT2D eigenvalue weighted by Crippen LogP contribution is 2.09. The second kappa shape index (κ2) is 8.48. The molecule has 1 saturated heterocycles. The number of nitrogens with zero attached hydrogens (tertiary/aromatic N) is 1. The lowest BCUT2D eigenvalue weighted by atomic mass is 10.1. The van der Waals surface area contributed by atoms with Crippen molar-refractivity contribution in [1.82, 2.24) is 15.5 Å². The van der Waals surface area contributed by atoms with Gasteiger partial charge in [0.15, 0.2) is 0 Å². The maximum atomic E-state index is 11.8. The molecule has 1 rings (SSSR count). The van der Waals surface area contributed by atoms with Crippen molar-refractivity contribution in [1.29, 1.82) is 0 Å². The molecule has 0 aromatic carbocycles. The third-order valence-corrected chi connectivity index (χ3v) is 3.39. The van der Waals surface area contributed by atoms with Crippen molar-refractivity contribution in [2.75, 3.05) is 32.7 Å². The SMILES string of the molecule is CCCCNC(=O)CN(CC)C1CCCNC1. The molecule has 17 heavy (non-hydrogen) atoms. The number of nitrogens with one attached hydrogen (secondary N) is 2. The molecule has 0 bridgehead atoms. The van der Waals surface area contributed by atoms with Crippen LogP contribution in [0.4, 0.5) is 0 Å². The Balaban J connectivity index is 2.27. The Hall–Kier alpha value is -0.610. The Morgan fingerprint density at radius 1 is 1.47 bits per heavy atom. The minimum absolute atomic E-state index is 0.172. The van der Waals surface area contributed by atoms with E-state index in [-0.39, 0.29) is 5.91 Å². The van der Waals surface area contributed by atoms with E-state index in [1.165, 1.54) is 12.8 Å². The molecule has 0 aromatic rings. The van der Waals surface area contributed by atoms with Crippen LogP contribution in [-0.2, 0) is 4.79 Å². The van der Waals surface area contributed by atoms with E-state index < -0.39 is 0 Å². The van der Waals surface area contributed by atoms with Crippen LogP contribution in [0.15, 0.2) is 0 Å². The molecule has 0 saturated carbocycles. The molecule has 0 spiro atoms. The van der Waals surface area contributed by atoms with Crippen LogP contribution < -0.4 is 10.6 Å². The molecule has 1 aliphatic heterocycles. The average Bonchev–Trinajstić information content (AvgIpc) is 2.37. The van der Waals surface area contributed by atoms with E-state index in [9.17, 15) is 4.79 Å². The van der Waals surface area contributed by atoms with Crippen molar-refractivity contribution in [3.05, 3.63) is 0 Å². The van der Waals surface area contributed by atoms with Gasteiger partial charge in [0.1, 0.15) is 0 Å². The summed E-state index contributed by atoms with van der Waals surface area (Å²) in [6.45, 7) is 8.73. The number of rotatable bonds is 7. The molecular formula is C13H27N3O. The van der Waals surface area contributed by atoms with E-state index >= 15 is 0 Å². The van der Waals surface area contributed by atoms with Crippen molar-refractivity contribution in [2.45, 2.75) is 45.6 Å². The van der Waals surface area contributed by atoms with E-state index in [1.54, 1.807) is 0 Å². The molecule has 1 aliphatic rings. The third-order valence-electron chi connectivity index (χ3n) is 3.39. The van der Waals surface area contributed by atoms with E-state index in [0.717, 1.165) is 39.0 Å². The summed E-state index contributed by atoms with van der Waals surface area (Å²) >= 11 is 0. The van der Waals surface area contributed by atoms with Crippen molar-refractivity contribution in [2.24, 2.45) is 0 Å². The molecule has 4 nitrogen and oxygen atoms in total. The maximum absolute atomic E-state index is 11.8. The molecule has 0 aliphatic carbocycles. The highest BCUT2D eigenvalue weighted by molar-refractivity contribution is 5.78. The molecule has 2 N–H and O–H groups in total. The molecule has 100 valence electrons. The number of carbonyl (C=O) groups excluding carboxylic acids is 1. The van der Waals surface area contributed by atoms with Crippen LogP contribution in [-0.4, -0.2) is 49.6 Å². The summed E-state index contributed by atoms with van der Waals surface area (Å²) in [5.74, 6) is 0.172. The van der Waals surface area contributed by atoms with Gasteiger partial charge in [-0.15, -0.1) is 0 Å². The van der Waals surface area contributed by atoms with Gasteiger partial charge in [-0.05, 0) is 32.4 Å². The first-order valence-electron chi connectivity index (χ1n) is 6.99. The second-order valence-electron chi connectivity index (χ2n) is 4.77. The van der Waals surface area contributed by atoms with E-state index in [1.807, 2.05) is 0 Å². The molecule has 4 heteroatoms. The number of piperidine rings is 1. The van der Waals surface area contributed by atoms with Crippen LogP contribution in [0.5, 0.6) is 0 Å². The van der Waals surface area contributed by atoms with Gasteiger partial charge in [0.25, 0.3) is 0 Å². The Morgan fingerprint density at radius 3 is 2.88 bits per heavy atom. The fourth-order valence-electron chi connectivity index (χ4n) is 2.29. The van der Waals surface area contributed by atoms with Crippen LogP contribution in [0.1, 0.15) is 39.5 Å². The Morgan fingerprint density at radius 2 is 2.29 bits per heavy atom. The number of unbranched alkanes of at least 4 members (excludes halogenated alkanes) is 1. The third kappa shape index (κ3) is 5.50. The minimum atomic E-state index is 0.172. The van der Waals surface area contributed by atoms with E-state index in [4.69, 9.17) is 0 Å². The lowest BCUT2D eigenvalue weighted by Gasteiger charge is -2.33. The largest absolute Gasteiger partial charge is 0.355 e. The quantitative estimate of drug-likeness (QED) is 0.653. The Kier molecular flexibility index (Phi) is 7.21. The van der Waals surface area contributed by atoms with Crippen LogP contribution in [0.2, 0.25) is 0 Å². The zero-order valence-corrected chi connectivity index (χ0v) is 11.3. The minimum Gasteiger partial charge on any atom is -0.355 e. The van der Waals surface area contributed by atoms with Crippen molar-refractivity contribution in [3.63, 3.8) is 0 Å². The lowest BCUT2D eigenvalue weighted by molar-refractivity contribution is -0.122. The highest BCUT2D eigenvalue weighted by Gasteiger charge is 2.21. The van der Waals surface area contributed by atoms with Crippen LogP contribution in [0, 0.1) is 0 Å². The summed E-state index contributed by atoms with van der Waals surface area (Å²) in [6, 6.07) is 0.533. The summed E-state index contributed by atoms with van der Waals surface area (Å²) < 4.78 is 0. The molecule has 1 atom stereocenters. The number of hydrogen-bond donors (Lipinski definition) is 2. The van der Waals surface area contributed by atoms with Gasteiger partial charge in [-0.3, -0.25) is 9.69 Å². The Bertz CT molecular complexity index is 215. The van der Waals surface area contributed by atoms with Gasteiger partial charge in [0, 0.05) is 19.1 Å². The zero-order valence-electron chi connectivity index (χ0n) is 11.3. The van der Waals surface area contributed by atoms with Gasteiger partial charge in [-0.2, -0.15) is 0 Å². The maximum Gasteiger partial charge on any atom is 0.234 e. The van der Waals surface area contributed by atoms with Crippen molar-refractivity contribution < 1.29 is 4.79 Å². The fraction of sp³-hybridized carbons (Fsp3) is 0.923. The molecule has 1 amide bonds. The van der Waals surface area contributed by atoms with E-state index in [0.29, 0.717) is 12.6 Å². The van der Waals surface area contributed by atoms with Gasteiger partial charge in [0.05, 0.1) is 6.54 Å². The molecular weight excluding hydrogens is 214 g/mol. The first-order valence-corrected chi connectivity index (χ1v) is 6.99. The molecule has 1 heterocycles. The summed E-state index contributed by atoms with van der Waals surface area (Å²) in [7, 11) is 0. The fourth-order valence-corrected chi connectivity index (χ4v) is 2.29. The van der Waals surface area contributed by atoms with Gasteiger partial charge < -0.3 is 10.6 Å². The monoisotopic (exact) mass is 241 g/mol. The molecule has 0 radical (unpaired) electrons. The highest BCUT2D eigenvalue weighted by atomic mass is 16.2. The number of carbonyl (C=O) groups is 1. The van der Waals surface area contributed by atoms with E-state index in [2.05, 4.69) is 29.4 Å². The number of amides is 1. The first-order chi connectivity index (χ1) is 8.27. The van der Waals surface area contributed by atoms with Crippen LogP contribution >= 0.6 is 0 Å². The molecule has 1 unspecified atom stereocenters. The van der Waals surface area contributed by atoms with Gasteiger partial charge in [-0.1, -0.05) is 20.3 Å². The smallest absolute Gasteiger partial charge is 0.234 e. The zero-order chi connectivity index (χ0) is 12.5. The summed E-state index contributed by atoms with van der Waals surface area (Å²) in [6.07, 6.45) is 4.63. The summed E-state index contributed by atoms with van der Waals surface area (Å²) in [4.78, 5) is 14.0. The predicted octanol–water partition coefficient (Wildman–Crippen LogP) is 0.977. The second-order valence-corrected chi connectivity index (χ2v) is 4.77. The summed E-state index contributed by atoms with van der Waals surface area (Å²) in [5.41, 5.74) is 0. The normalized spacial score (nSPS) is 20.5. The van der Waals surface area contributed by atoms with Gasteiger partial charge in [0.2, 0.25) is 5.91 Å². The number of hydrogen-bond acceptors (Lipinski definition) is 3. The Labute approximate surface area is 105 Å². The molecule has 0 aromatic heterocycles. The topological polar surface area (TPSA) is 44.4 Å². The number of likely N-dealkylation sites (N-methyl/N-ethyl adjacent to an activating group) is 1. The predicted molar refractivity (Wildman–Crippen MR) is 71.1 cm³/mol. The lowest BCUT2D eigenvalue weighted by Crippen LogP contribution is -2.49. The standard InChI is InChI=1S/C13H27N3O/c1-3-5-9-15-13(17)11-16(4-2)12-7-6-8-14-10-12/h12,14H,3-11H2,1-2H3,(H,15,17). The van der Waals surface area contributed by atoms with Crippen molar-refractivity contribution >= 4 is 5.91 Å². The van der Waals surface area contributed by atoms with Gasteiger partial charge >= 0.3 is 0 Å². The molecule has 1 fully saturated rings.